The molecule has 27 heavy (non-hydrogen) atoms. The third kappa shape index (κ3) is 5.17. The smallest absolute Gasteiger partial charge is 0.338 e. The Morgan fingerprint density at radius 2 is 1.11 bits per heavy atom. The molecule has 3 rings (SSSR count). The molecule has 0 fully saturated rings. The van der Waals surface area contributed by atoms with E-state index in [0.717, 1.165) is 0 Å². The molecule has 4 nitrogen and oxygen atoms in total. The summed E-state index contributed by atoms with van der Waals surface area (Å²) >= 11 is 0. The average molecular weight is 362 g/mol. The van der Waals surface area contributed by atoms with Gasteiger partial charge in [-0.05, 0) is 37.1 Å². The maximum absolute atomic E-state index is 12.3. The Bertz CT molecular complexity index is 750. The monoisotopic (exact) mass is 362 g/mol. The molecule has 0 N–H and O–H groups in total. The second-order valence-corrected chi connectivity index (χ2v) is 6.65. The van der Waals surface area contributed by atoms with Gasteiger partial charge in [0, 0.05) is 5.41 Å². The fourth-order valence-corrected chi connectivity index (χ4v) is 2.91. The summed E-state index contributed by atoms with van der Waals surface area (Å²) in [6.45, 7) is 0.356. The van der Waals surface area contributed by atoms with Crippen molar-refractivity contribution in [1.82, 2.24) is 0 Å². The normalized spacial score (nSPS) is 15.0. The Labute approximate surface area is 159 Å². The molecule has 0 heterocycles. The number of hydrogen-bond donors (Lipinski definition) is 0. The van der Waals surface area contributed by atoms with Gasteiger partial charge in [-0.1, -0.05) is 60.7 Å². The number of esters is 2. The van der Waals surface area contributed by atoms with Crippen LogP contribution in [0.15, 0.2) is 85.0 Å². The number of benzene rings is 2. The second-order valence-electron chi connectivity index (χ2n) is 6.65. The van der Waals surface area contributed by atoms with Gasteiger partial charge in [-0.3, -0.25) is 0 Å². The van der Waals surface area contributed by atoms with E-state index in [1.807, 2.05) is 36.4 Å². The van der Waals surface area contributed by atoms with Gasteiger partial charge < -0.3 is 9.47 Å². The molecule has 0 saturated heterocycles. The zero-order chi connectivity index (χ0) is 19.0. The highest BCUT2D eigenvalue weighted by molar-refractivity contribution is 5.89. The number of carbonyl (C=O) groups excluding carboxylic acids is 2. The fraction of sp³-hybridized carbons (Fsp3) is 0.217. The summed E-state index contributed by atoms with van der Waals surface area (Å²) in [5, 5.41) is 0. The van der Waals surface area contributed by atoms with E-state index in [1.54, 1.807) is 48.5 Å². The van der Waals surface area contributed by atoms with Crippen LogP contribution in [0, 0.1) is 5.41 Å². The molecule has 0 unspecified atom stereocenters. The number of rotatable bonds is 6. The first-order valence-corrected chi connectivity index (χ1v) is 8.95. The lowest BCUT2D eigenvalue weighted by atomic mass is 9.83. The van der Waals surface area contributed by atoms with Crippen LogP contribution in [-0.4, -0.2) is 25.2 Å². The molecular formula is C23H22O4. The predicted octanol–water partition coefficient (Wildman–Crippen LogP) is 4.59. The highest BCUT2D eigenvalue weighted by atomic mass is 16.5. The van der Waals surface area contributed by atoms with Crippen LogP contribution in [0.25, 0.3) is 0 Å². The van der Waals surface area contributed by atoms with E-state index in [1.165, 1.54) is 0 Å². The van der Waals surface area contributed by atoms with E-state index in [2.05, 4.69) is 0 Å². The molecule has 0 bridgehead atoms. The number of ether oxygens (including phenoxy) is 2. The first kappa shape index (κ1) is 18.6. The summed E-state index contributed by atoms with van der Waals surface area (Å²) in [5.41, 5.74) is 0.542. The van der Waals surface area contributed by atoms with Crippen molar-refractivity contribution in [3.05, 3.63) is 96.1 Å². The van der Waals surface area contributed by atoms with E-state index >= 15 is 0 Å². The quantitative estimate of drug-likeness (QED) is 0.705. The molecule has 2 aromatic carbocycles. The minimum atomic E-state index is -0.474. The predicted molar refractivity (Wildman–Crippen MR) is 103 cm³/mol. The topological polar surface area (TPSA) is 52.6 Å². The zero-order valence-electron chi connectivity index (χ0n) is 15.0. The Hall–Kier alpha value is -3.14. The lowest BCUT2D eigenvalue weighted by Gasteiger charge is -2.30. The molecule has 0 saturated carbocycles. The van der Waals surface area contributed by atoms with Crippen molar-refractivity contribution in [1.29, 1.82) is 0 Å². The SMILES string of the molecule is O=C(OCC1(COC(=O)c2ccccc2)CC=CC=CC1)c1ccccc1. The lowest BCUT2D eigenvalue weighted by molar-refractivity contribution is -0.00370. The van der Waals surface area contributed by atoms with Gasteiger partial charge in [0.05, 0.1) is 11.1 Å². The van der Waals surface area contributed by atoms with E-state index in [4.69, 9.17) is 9.47 Å². The summed E-state index contributed by atoms with van der Waals surface area (Å²) in [4.78, 5) is 24.6. The molecule has 2 aromatic rings. The molecule has 1 aliphatic rings. The summed E-state index contributed by atoms with van der Waals surface area (Å²) < 4.78 is 11.1. The molecule has 0 radical (unpaired) electrons. The number of carbonyl (C=O) groups is 2. The van der Waals surface area contributed by atoms with Gasteiger partial charge >= 0.3 is 11.9 Å². The molecule has 138 valence electrons. The summed E-state index contributed by atoms with van der Waals surface area (Å²) in [7, 11) is 0. The minimum Gasteiger partial charge on any atom is -0.461 e. The van der Waals surface area contributed by atoms with E-state index in [9.17, 15) is 9.59 Å². The Morgan fingerprint density at radius 1 is 0.704 bits per heavy atom. The van der Waals surface area contributed by atoms with Crippen LogP contribution in [0.1, 0.15) is 33.6 Å². The van der Waals surface area contributed by atoms with Crippen LogP contribution in [0.2, 0.25) is 0 Å². The third-order valence-electron chi connectivity index (χ3n) is 4.52. The molecule has 0 atom stereocenters. The fourth-order valence-electron chi connectivity index (χ4n) is 2.91. The Balaban J connectivity index is 1.66. The molecule has 0 spiro atoms. The highest BCUT2D eigenvalue weighted by Gasteiger charge is 2.32. The average Bonchev–Trinajstić information content (AvgIpc) is 2.98. The largest absolute Gasteiger partial charge is 0.461 e. The van der Waals surface area contributed by atoms with Crippen molar-refractivity contribution in [3.8, 4) is 0 Å². The molecule has 4 heteroatoms. The van der Waals surface area contributed by atoms with Crippen LogP contribution in [0.5, 0.6) is 0 Å². The van der Waals surface area contributed by atoms with Crippen molar-refractivity contribution in [2.24, 2.45) is 5.41 Å². The maximum atomic E-state index is 12.3. The van der Waals surface area contributed by atoms with E-state index in [0.29, 0.717) is 24.0 Å². The maximum Gasteiger partial charge on any atom is 0.338 e. The van der Waals surface area contributed by atoms with Crippen LogP contribution in [0.3, 0.4) is 0 Å². The minimum absolute atomic E-state index is 0.178. The van der Waals surface area contributed by atoms with Crippen molar-refractivity contribution in [3.63, 3.8) is 0 Å². The van der Waals surface area contributed by atoms with Crippen molar-refractivity contribution in [2.45, 2.75) is 12.8 Å². The van der Waals surface area contributed by atoms with Gasteiger partial charge in [0.15, 0.2) is 0 Å². The van der Waals surface area contributed by atoms with Gasteiger partial charge in [-0.15, -0.1) is 0 Å². The summed E-state index contributed by atoms with van der Waals surface area (Å²) in [6, 6.07) is 17.8. The van der Waals surface area contributed by atoms with Crippen LogP contribution in [0.4, 0.5) is 0 Å². The zero-order valence-corrected chi connectivity index (χ0v) is 15.0. The Kier molecular flexibility index (Phi) is 6.21. The van der Waals surface area contributed by atoms with Crippen molar-refractivity contribution in [2.75, 3.05) is 13.2 Å². The van der Waals surface area contributed by atoms with Gasteiger partial charge in [-0.2, -0.15) is 0 Å². The van der Waals surface area contributed by atoms with E-state index < -0.39 is 5.41 Å². The summed E-state index contributed by atoms with van der Waals surface area (Å²) in [5.74, 6) is -0.747. The van der Waals surface area contributed by atoms with Gasteiger partial charge in [-0.25, -0.2) is 9.59 Å². The van der Waals surface area contributed by atoms with Crippen molar-refractivity contribution >= 4 is 11.9 Å². The first-order valence-electron chi connectivity index (χ1n) is 8.95. The number of allylic oxidation sites excluding steroid dienone is 4. The highest BCUT2D eigenvalue weighted by Crippen LogP contribution is 2.31. The molecule has 0 aliphatic heterocycles. The second kappa shape index (κ2) is 8.99. The third-order valence-corrected chi connectivity index (χ3v) is 4.52. The molecule has 1 aliphatic carbocycles. The van der Waals surface area contributed by atoms with Crippen LogP contribution >= 0.6 is 0 Å². The first-order chi connectivity index (χ1) is 13.2. The Morgan fingerprint density at radius 3 is 1.52 bits per heavy atom. The molecular weight excluding hydrogens is 340 g/mol. The van der Waals surface area contributed by atoms with Gasteiger partial charge in [0.1, 0.15) is 13.2 Å². The van der Waals surface area contributed by atoms with Crippen LogP contribution in [-0.2, 0) is 9.47 Å². The van der Waals surface area contributed by atoms with Gasteiger partial charge in [0.2, 0.25) is 0 Å². The van der Waals surface area contributed by atoms with Gasteiger partial charge in [0.25, 0.3) is 0 Å². The lowest BCUT2D eigenvalue weighted by Crippen LogP contribution is -2.33. The summed E-state index contributed by atoms with van der Waals surface area (Å²) in [6.07, 6.45) is 9.25. The standard InChI is InChI=1S/C23H22O4/c24-21(19-11-5-3-6-12-19)26-17-23(15-9-1-2-10-16-23)18-27-22(25)20-13-7-4-8-14-20/h1-14H,15-18H2. The van der Waals surface area contributed by atoms with E-state index in [-0.39, 0.29) is 25.2 Å². The number of hydrogen-bond acceptors (Lipinski definition) is 4. The molecule has 0 amide bonds. The molecule has 0 aromatic heterocycles. The van der Waals surface area contributed by atoms with Crippen LogP contribution < -0.4 is 0 Å². The van der Waals surface area contributed by atoms with Crippen molar-refractivity contribution < 1.29 is 19.1 Å².